The second kappa shape index (κ2) is 45.4. The number of amides is 1. The van der Waals surface area contributed by atoms with E-state index in [9.17, 15) is 19.2 Å². The molecule has 21 rings (SSSR count). The molecule has 143 heavy (non-hydrogen) atoms. The van der Waals surface area contributed by atoms with Crippen LogP contribution >= 0.6 is 0 Å². The third-order valence-corrected chi connectivity index (χ3v) is 26.0. The molecule has 3 aliphatic rings. The number of carbonyl (C=O) groups excluding carboxylic acids is 4. The summed E-state index contributed by atoms with van der Waals surface area (Å²) in [6.45, 7) is 28.3. The van der Waals surface area contributed by atoms with E-state index >= 15 is 0 Å². The first-order valence-electron chi connectivity index (χ1n) is 48.3. The Morgan fingerprint density at radius 3 is 1.24 bits per heavy atom. The van der Waals surface area contributed by atoms with E-state index in [4.69, 9.17) is 4.74 Å². The average Bonchev–Trinajstić information content (AvgIpc) is 1.79. The van der Waals surface area contributed by atoms with Gasteiger partial charge in [0.1, 0.15) is 22.8 Å². The summed E-state index contributed by atoms with van der Waals surface area (Å²) in [5.41, 5.74) is 30.5. The largest absolute Gasteiger partial charge is 0.379 e. The van der Waals surface area contributed by atoms with E-state index in [2.05, 4.69) is 203 Å². The number of likely N-dealkylation sites (tertiary alicyclic amines) is 2. The number of carbonyl (C=O) groups is 4. The Kier molecular flexibility index (Phi) is 30.7. The Labute approximate surface area is 832 Å². The third-order valence-electron chi connectivity index (χ3n) is 26.0. The van der Waals surface area contributed by atoms with E-state index in [-0.39, 0.29) is 23.3 Å². The van der Waals surface area contributed by atoms with Crippen LogP contribution < -0.4 is 5.32 Å². The molecule has 25 heteroatoms. The minimum Gasteiger partial charge on any atom is -0.379 e. The monoisotopic (exact) mass is 1890 g/mol. The first kappa shape index (κ1) is 96.5. The highest BCUT2D eigenvalue weighted by atomic mass is 16.5. The van der Waals surface area contributed by atoms with E-state index in [0.29, 0.717) is 41.5 Å². The Morgan fingerprint density at radius 2 is 0.769 bits per heavy atom. The Hall–Kier alpha value is -16.8. The Morgan fingerprint density at radius 1 is 0.350 bits per heavy atom. The van der Waals surface area contributed by atoms with E-state index < -0.39 is 0 Å². The molecule has 1 N–H and O–H groups in total. The zero-order valence-corrected chi connectivity index (χ0v) is 81.7. The number of nitrogens with zero attached hydrogens (tertiary/aromatic N) is 19. The van der Waals surface area contributed by atoms with Crippen LogP contribution in [0.15, 0.2) is 276 Å². The smallest absolute Gasteiger partial charge is 0.255 e. The minimum atomic E-state index is -0.175. The van der Waals surface area contributed by atoms with Crippen LogP contribution in [0.1, 0.15) is 196 Å². The normalized spacial score (nSPS) is 13.0. The van der Waals surface area contributed by atoms with Crippen molar-refractivity contribution in [2.75, 3.05) is 64.3 Å². The molecule has 0 bridgehead atoms. The van der Waals surface area contributed by atoms with Crippen molar-refractivity contribution in [3.8, 4) is 53.1 Å². The molecule has 18 aromatic rings. The molecule has 0 atom stereocenters. The number of aryl methyl sites for hydroxylation is 8. The van der Waals surface area contributed by atoms with Crippen molar-refractivity contribution in [2.45, 2.75) is 126 Å². The number of fused-ring (bicyclic) bond motifs is 4. The highest BCUT2D eigenvalue weighted by Gasteiger charge is 2.21. The van der Waals surface area contributed by atoms with Gasteiger partial charge in [0, 0.05) is 189 Å². The zero-order valence-electron chi connectivity index (χ0n) is 81.7. The quantitative estimate of drug-likeness (QED) is 0.0518. The SMILES string of the molecule is Cc1cc(CC(=O)c2ccc(C)c(C#Cc3cnc4cnccn34)c2)cc(-n2cnc(CCN3CCCC3)c2)c1.Cc1cc(CC(=O)c2ccc(C)c(C#Cc3cnc4cnccn34)c2)cc(CN2CCOCC2)c1.Cc1ccc(C(=O)Cc2ccc(CN3CCCC3)c(C)c2)cc1C#Cc1cnc2cnccn12.Cc1ccc(C(=O)Nc2ccc(Cn3ccnc3)c(C)c2)cc1C#Cc1cnc2cnccn12. The number of imidazole rings is 6. The highest BCUT2D eigenvalue weighted by molar-refractivity contribution is 6.05. The number of rotatable bonds is 21. The van der Waals surface area contributed by atoms with Gasteiger partial charge in [0.25, 0.3) is 5.91 Å². The van der Waals surface area contributed by atoms with Gasteiger partial charge >= 0.3 is 0 Å². The molecule has 0 radical (unpaired) electrons. The second-order valence-corrected chi connectivity index (χ2v) is 36.7. The van der Waals surface area contributed by atoms with Gasteiger partial charge in [-0.3, -0.25) is 66.5 Å². The fourth-order valence-electron chi connectivity index (χ4n) is 17.9. The van der Waals surface area contributed by atoms with Crippen molar-refractivity contribution >= 4 is 51.5 Å². The van der Waals surface area contributed by atoms with Crippen molar-refractivity contribution in [3.05, 3.63) is 427 Å². The summed E-state index contributed by atoms with van der Waals surface area (Å²) in [5.74, 6) is 25.7. The summed E-state index contributed by atoms with van der Waals surface area (Å²) in [6.07, 6.45) is 44.6. The molecule has 3 aliphatic heterocycles. The first-order chi connectivity index (χ1) is 69.7. The maximum atomic E-state index is 13.4. The molecule has 8 aromatic carbocycles. The number of aromatic nitrogens is 16. The fourth-order valence-corrected chi connectivity index (χ4v) is 17.9. The predicted octanol–water partition coefficient (Wildman–Crippen LogP) is 18.0. The van der Waals surface area contributed by atoms with Crippen LogP contribution in [0, 0.1) is 103 Å². The first-order valence-corrected chi connectivity index (χ1v) is 48.3. The summed E-state index contributed by atoms with van der Waals surface area (Å²) in [6, 6.07) is 48.0. The molecular weight excluding hydrogens is 1780 g/mol. The molecule has 10 aromatic heterocycles. The predicted molar refractivity (Wildman–Crippen MR) is 556 cm³/mol. The third kappa shape index (κ3) is 24.9. The summed E-state index contributed by atoms with van der Waals surface area (Å²) >= 11 is 0. The van der Waals surface area contributed by atoms with Crippen molar-refractivity contribution in [1.29, 1.82) is 0 Å². The lowest BCUT2D eigenvalue weighted by Crippen LogP contribution is -2.35. The van der Waals surface area contributed by atoms with Gasteiger partial charge in [-0.2, -0.15) is 0 Å². The van der Waals surface area contributed by atoms with Crippen LogP contribution in [0.3, 0.4) is 0 Å². The van der Waals surface area contributed by atoms with Gasteiger partial charge in [0.2, 0.25) is 0 Å². The molecular formula is C118H110N20O5. The Bertz CT molecular complexity index is 8020. The molecule has 0 spiro atoms. The number of morpholine rings is 1. The van der Waals surface area contributed by atoms with E-state index in [0.717, 1.165) is 194 Å². The number of hydrogen-bond donors (Lipinski definition) is 1. The highest BCUT2D eigenvalue weighted by Crippen LogP contribution is 2.27. The summed E-state index contributed by atoms with van der Waals surface area (Å²) in [5, 5.41) is 3.00. The number of ether oxygens (including phenoxy) is 1. The van der Waals surface area contributed by atoms with Crippen LogP contribution in [0.4, 0.5) is 5.69 Å². The fraction of sp³-hybridized carbons (Fsp3) is 0.237. The lowest BCUT2D eigenvalue weighted by molar-refractivity contribution is 0.0342. The number of hydrogen-bond acceptors (Lipinski definition) is 18. The van der Waals surface area contributed by atoms with Gasteiger partial charge in [-0.1, -0.05) is 120 Å². The van der Waals surface area contributed by atoms with Crippen LogP contribution in [0.25, 0.3) is 28.3 Å². The lowest BCUT2D eigenvalue weighted by atomic mass is 9.97. The van der Waals surface area contributed by atoms with Gasteiger partial charge in [0.15, 0.2) is 39.9 Å². The maximum Gasteiger partial charge on any atom is 0.255 e. The Balaban J connectivity index is 0.000000126. The van der Waals surface area contributed by atoms with Gasteiger partial charge in [-0.15, -0.1) is 0 Å². The lowest BCUT2D eigenvalue weighted by Gasteiger charge is -2.26. The van der Waals surface area contributed by atoms with Crippen LogP contribution in [0.2, 0.25) is 0 Å². The van der Waals surface area contributed by atoms with Gasteiger partial charge in [-0.25, -0.2) is 29.9 Å². The van der Waals surface area contributed by atoms with Crippen molar-refractivity contribution in [2.24, 2.45) is 0 Å². The van der Waals surface area contributed by atoms with Gasteiger partial charge < -0.3 is 24.1 Å². The molecule has 3 saturated heterocycles. The van der Waals surface area contributed by atoms with E-state index in [1.165, 1.54) is 79.7 Å². The summed E-state index contributed by atoms with van der Waals surface area (Å²) < 4.78 is 17.1. The molecule has 0 saturated carbocycles. The molecule has 0 unspecified atom stereocenters. The molecule has 3 fully saturated rings. The van der Waals surface area contributed by atoms with Crippen molar-refractivity contribution in [3.63, 3.8) is 0 Å². The number of benzene rings is 8. The number of ketones is 3. The zero-order chi connectivity index (χ0) is 98.7. The van der Waals surface area contributed by atoms with Crippen molar-refractivity contribution < 1.29 is 23.9 Å². The molecule has 13 heterocycles. The molecule has 0 aliphatic carbocycles. The number of Topliss-reactive ketones (excluding diaryl/α,β-unsaturated/α-hetero) is 3. The van der Waals surface area contributed by atoms with E-state index in [1.807, 2.05) is 185 Å². The van der Waals surface area contributed by atoms with Gasteiger partial charge in [-0.05, 0) is 258 Å². The van der Waals surface area contributed by atoms with Crippen LogP contribution in [0.5, 0.6) is 0 Å². The second-order valence-electron chi connectivity index (χ2n) is 36.7. The summed E-state index contributed by atoms with van der Waals surface area (Å²) in [4.78, 5) is 102. The maximum absolute atomic E-state index is 13.4. The molecule has 25 nitrogen and oxygen atoms in total. The standard InChI is InChI=1S/C33H32N6O.C29H28N4O2.C29H28N4O.C27H22N6O/c1-24-15-26(17-31(16-24)38-22-29(36-23-38)9-13-37-11-3-4-12-37)18-32(40)28-6-5-25(2)27(19-28)7-8-30-20-35-33-21-34-10-14-39(30)33;1-21-13-23(15-24(14-21)20-32-9-11-35-12-10-32)16-28(34)26-4-3-22(2)25(17-26)5-6-27-18-31-29-19-30-7-8-33(27)29;1-21-5-7-25(17-24(21)9-10-27-18-31-29-19-30-11-14-33(27)29)28(34)16-23-6-8-26(22(2)15-23)20-32-12-3-4-13-32;1-19-3-4-22(14-21(19)6-8-25-15-30-26-16-28-10-12-33(25)26)27(34)31-24-7-5-23(20(2)13-24)17-32-11-9-29-18-32/h5-6,10,14-17,19-23H,3-4,9,11-13,18H2,1-2H3;3-4,7-8,13-15,17-19H,9-12,16,20H2,1-2H3;5-8,11,14-15,17-19H,3-4,12-13,16,20H2,1-2H3;3-5,7,9-16,18H,17H2,1-2H3,(H,31,34). The minimum absolute atomic E-state index is 0.0670. The topological polar surface area (TPSA) is 256 Å². The van der Waals surface area contributed by atoms with Crippen LogP contribution in [-0.4, -0.2) is 174 Å². The molecule has 1 amide bonds. The van der Waals surface area contributed by atoms with Gasteiger partial charge in [0.05, 0.1) is 81.1 Å². The number of anilines is 1. The average molecular weight is 1890 g/mol. The summed E-state index contributed by atoms with van der Waals surface area (Å²) in [7, 11) is 0. The van der Waals surface area contributed by atoms with Crippen molar-refractivity contribution in [1.82, 2.24) is 91.3 Å². The van der Waals surface area contributed by atoms with Crippen LogP contribution in [-0.2, 0) is 50.1 Å². The molecule has 712 valence electrons. The van der Waals surface area contributed by atoms with E-state index in [1.54, 1.807) is 86.9 Å². The number of nitrogens with one attached hydrogen (secondary N) is 1.